The minimum Gasteiger partial charge on any atom is -0.507 e. The number of carbonyl (C=O) groups is 2. The summed E-state index contributed by atoms with van der Waals surface area (Å²) in [6.07, 6.45) is 1.88. The molecule has 3 aliphatic heterocycles. The van der Waals surface area contributed by atoms with E-state index in [1.165, 1.54) is 10.3 Å². The maximum Gasteiger partial charge on any atom is 0.417 e. The Hall–Kier alpha value is -4.44. The highest BCUT2D eigenvalue weighted by atomic mass is 32.1. The van der Waals surface area contributed by atoms with Gasteiger partial charge in [-0.15, -0.1) is 11.3 Å². The van der Waals surface area contributed by atoms with E-state index in [2.05, 4.69) is 9.88 Å². The first kappa shape index (κ1) is 39.8. The van der Waals surface area contributed by atoms with Gasteiger partial charge in [0.2, 0.25) is 11.8 Å². The van der Waals surface area contributed by atoms with Crippen LogP contribution in [-0.4, -0.2) is 97.4 Å². The van der Waals surface area contributed by atoms with Crippen molar-refractivity contribution >= 4 is 28.8 Å². The smallest absolute Gasteiger partial charge is 0.417 e. The van der Waals surface area contributed by atoms with Crippen LogP contribution in [0.1, 0.15) is 53.4 Å². The molecule has 5 heterocycles. The number of anilines is 1. The van der Waals surface area contributed by atoms with Crippen LogP contribution >= 0.6 is 11.3 Å². The highest BCUT2D eigenvalue weighted by Gasteiger charge is 2.44. The van der Waals surface area contributed by atoms with Gasteiger partial charge < -0.3 is 34.0 Å². The Balaban J connectivity index is 0.000000469. The topological polar surface area (TPSA) is 105 Å². The summed E-state index contributed by atoms with van der Waals surface area (Å²) in [7, 11) is 1.62. The first-order valence-electron chi connectivity index (χ1n) is 17.3. The third-order valence-corrected chi connectivity index (χ3v) is 10.3. The molecule has 0 bridgehead atoms. The minimum absolute atomic E-state index is 0.0752. The Kier molecular flexibility index (Phi) is 13.2. The van der Waals surface area contributed by atoms with E-state index in [0.29, 0.717) is 65.1 Å². The normalized spacial score (nSPS) is 20.2. The number of rotatable bonds is 7. The van der Waals surface area contributed by atoms with Crippen LogP contribution in [0.25, 0.3) is 0 Å². The van der Waals surface area contributed by atoms with Crippen LogP contribution in [0.2, 0.25) is 0 Å². The van der Waals surface area contributed by atoms with E-state index in [0.717, 1.165) is 48.0 Å². The van der Waals surface area contributed by atoms with Crippen molar-refractivity contribution in [3.8, 4) is 17.4 Å². The number of ether oxygens (including phenoxy) is 3. The molecular formula is C37H43F5N4O6S. The number of amides is 2. The van der Waals surface area contributed by atoms with Gasteiger partial charge in [0.1, 0.15) is 23.7 Å². The number of benzene rings is 1. The van der Waals surface area contributed by atoms with E-state index in [4.69, 9.17) is 19.3 Å². The highest BCUT2D eigenvalue weighted by Crippen LogP contribution is 2.39. The van der Waals surface area contributed by atoms with Crippen molar-refractivity contribution < 1.29 is 50.9 Å². The van der Waals surface area contributed by atoms with Crippen molar-refractivity contribution in [3.63, 3.8) is 0 Å². The average molecular weight is 767 g/mol. The summed E-state index contributed by atoms with van der Waals surface area (Å²) >= 11 is 0.856. The number of thiophene rings is 1. The van der Waals surface area contributed by atoms with Gasteiger partial charge in [0.25, 0.3) is 11.8 Å². The molecule has 2 fully saturated rings. The third-order valence-electron chi connectivity index (χ3n) is 9.22. The fourth-order valence-electron chi connectivity index (χ4n) is 6.64. The second-order valence-corrected chi connectivity index (χ2v) is 13.8. The molecule has 10 nitrogen and oxygen atoms in total. The summed E-state index contributed by atoms with van der Waals surface area (Å²) in [5, 5.41) is 9.98. The molecule has 2 saturated heterocycles. The Morgan fingerprint density at radius 1 is 1.06 bits per heavy atom. The van der Waals surface area contributed by atoms with Crippen molar-refractivity contribution in [2.75, 3.05) is 64.6 Å². The second-order valence-electron chi connectivity index (χ2n) is 12.9. The number of alkyl halides is 5. The Labute approximate surface area is 308 Å². The molecule has 1 aromatic carbocycles. The number of methoxy groups -OCH3 is 1. The number of aromatic nitrogens is 1. The van der Waals surface area contributed by atoms with Gasteiger partial charge in [-0.2, -0.15) is 13.2 Å². The van der Waals surface area contributed by atoms with Crippen LogP contribution in [0, 0.1) is 5.92 Å². The largest absolute Gasteiger partial charge is 0.507 e. The van der Waals surface area contributed by atoms with Crippen molar-refractivity contribution in [3.05, 3.63) is 76.1 Å². The van der Waals surface area contributed by atoms with Crippen molar-refractivity contribution in [2.24, 2.45) is 5.92 Å². The Morgan fingerprint density at radius 2 is 1.81 bits per heavy atom. The molecule has 2 amide bonds. The van der Waals surface area contributed by atoms with Crippen LogP contribution < -0.4 is 14.4 Å². The van der Waals surface area contributed by atoms with Crippen LogP contribution in [0.5, 0.6) is 17.4 Å². The number of piperazine rings is 1. The lowest BCUT2D eigenvalue weighted by molar-refractivity contribution is -0.140. The lowest BCUT2D eigenvalue weighted by Gasteiger charge is -2.44. The molecule has 2 unspecified atom stereocenters. The summed E-state index contributed by atoms with van der Waals surface area (Å²) in [6, 6.07) is 9.06. The molecule has 0 radical (unpaired) electrons. The molecule has 6 rings (SSSR count). The number of piperidine rings is 1. The summed E-state index contributed by atoms with van der Waals surface area (Å²) in [5.41, 5.74) is -0.719. The van der Waals surface area contributed by atoms with Gasteiger partial charge >= 0.3 is 6.18 Å². The van der Waals surface area contributed by atoms with Gasteiger partial charge in [-0.3, -0.25) is 9.59 Å². The van der Waals surface area contributed by atoms with Crippen LogP contribution in [0.3, 0.4) is 0 Å². The van der Waals surface area contributed by atoms with Gasteiger partial charge in [0.05, 0.1) is 35.3 Å². The molecule has 1 N–H and O–H groups in total. The van der Waals surface area contributed by atoms with E-state index < -0.39 is 41.1 Å². The predicted octanol–water partition coefficient (Wildman–Crippen LogP) is 6.99. The number of pyridine rings is 1. The van der Waals surface area contributed by atoms with Gasteiger partial charge in [0, 0.05) is 64.4 Å². The number of nitrogens with zero attached hydrogens (tertiary/aromatic N) is 4. The molecule has 2 aromatic heterocycles. The van der Waals surface area contributed by atoms with Crippen LogP contribution in [0.15, 0.2) is 60.1 Å². The lowest BCUT2D eigenvalue weighted by Crippen LogP contribution is -2.56. The molecule has 3 aromatic rings. The van der Waals surface area contributed by atoms with E-state index in [1.807, 2.05) is 41.3 Å². The number of fused-ring (bicyclic) bond motifs is 2. The average Bonchev–Trinajstić information content (AvgIpc) is 3.58. The Morgan fingerprint density at radius 3 is 2.47 bits per heavy atom. The predicted molar refractivity (Wildman–Crippen MR) is 189 cm³/mol. The second kappa shape index (κ2) is 17.6. The molecule has 3 aliphatic rings. The SMILES string of the molecule is CC(F)(F)c1cc(O)cs1.COCCOc1ccccc1N1CCN(C(=O)C2CCCN3C(=O)c4c(C(F)(F)F)ccnc4OCC/C=C/CC23)CC1. The number of carbonyl (C=O) groups excluding carboxylic acids is 2. The lowest BCUT2D eigenvalue weighted by atomic mass is 9.85. The molecular weight excluding hydrogens is 723 g/mol. The van der Waals surface area contributed by atoms with E-state index >= 15 is 0 Å². The number of halogens is 5. The minimum atomic E-state index is -4.77. The fourth-order valence-corrected chi connectivity index (χ4v) is 7.35. The van der Waals surface area contributed by atoms with Crippen LogP contribution in [0.4, 0.5) is 27.6 Å². The summed E-state index contributed by atoms with van der Waals surface area (Å²) < 4.78 is 83.4. The van der Waals surface area contributed by atoms with Crippen LogP contribution in [-0.2, 0) is 21.6 Å². The summed E-state index contributed by atoms with van der Waals surface area (Å²) in [6.45, 7) is 4.20. The number of aromatic hydroxyl groups is 1. The van der Waals surface area contributed by atoms with Gasteiger partial charge in [-0.05, 0) is 49.9 Å². The number of hydrogen-bond acceptors (Lipinski definition) is 9. The van der Waals surface area contributed by atoms with E-state index in [-0.39, 0.29) is 35.6 Å². The van der Waals surface area contributed by atoms with E-state index in [1.54, 1.807) is 7.11 Å². The van der Waals surface area contributed by atoms with Gasteiger partial charge in [-0.1, -0.05) is 24.3 Å². The summed E-state index contributed by atoms with van der Waals surface area (Å²) in [4.78, 5) is 37.2. The maximum atomic E-state index is 14.0. The monoisotopic (exact) mass is 766 g/mol. The van der Waals surface area contributed by atoms with E-state index in [9.17, 15) is 31.5 Å². The first-order valence-corrected chi connectivity index (χ1v) is 18.2. The molecule has 53 heavy (non-hydrogen) atoms. The number of hydrogen-bond donors (Lipinski definition) is 1. The zero-order valence-corrected chi connectivity index (χ0v) is 30.3. The van der Waals surface area contributed by atoms with Gasteiger partial charge in [0.15, 0.2) is 0 Å². The molecule has 16 heteroatoms. The standard InChI is InChI=1S/C31H37F3N4O5.C6H6F2OS/c1-41-20-21-42-26-11-5-4-10-25(26)36-15-17-37(18-16-36)29(39)22-8-7-14-38-24(22)9-3-2-6-19-43-28-27(30(38)40)23(12-13-35-28)31(32,33)34;1-6(7,8)5-2-4(9)3-10-5/h2-5,10-13,22,24H,6-9,14-21H2,1H3;2-3,9H,1H3/b3-2+;. The molecule has 0 aliphatic carbocycles. The molecule has 288 valence electrons. The van der Waals surface area contributed by atoms with Gasteiger partial charge in [-0.25, -0.2) is 13.8 Å². The third kappa shape index (κ3) is 9.96. The molecule has 0 spiro atoms. The maximum absolute atomic E-state index is 14.0. The first-order chi connectivity index (χ1) is 25.3. The van der Waals surface area contributed by atoms with Crippen molar-refractivity contribution in [1.82, 2.24) is 14.8 Å². The Bertz CT molecular complexity index is 1720. The molecule has 2 atom stereocenters. The highest BCUT2D eigenvalue weighted by molar-refractivity contribution is 7.10. The zero-order valence-electron chi connectivity index (χ0n) is 29.5. The fraction of sp³-hybridized carbons (Fsp3) is 0.486. The summed E-state index contributed by atoms with van der Waals surface area (Å²) in [5.74, 6) is -3.91. The zero-order chi connectivity index (χ0) is 38.2. The quantitative estimate of drug-likeness (QED) is 0.156. The molecule has 0 saturated carbocycles. The van der Waals surface area contributed by atoms with Crippen molar-refractivity contribution in [1.29, 1.82) is 0 Å². The number of para-hydroxylation sites is 2. The van der Waals surface area contributed by atoms with Crippen molar-refractivity contribution in [2.45, 2.75) is 50.7 Å².